The number of esters is 2. The summed E-state index contributed by atoms with van der Waals surface area (Å²) in [4.78, 5) is 29.9. The smallest absolute Gasteiger partial charge is 0.387 e. The number of para-hydroxylation sites is 1. The lowest BCUT2D eigenvalue weighted by atomic mass is 9.86. The van der Waals surface area contributed by atoms with Crippen LogP contribution in [0.25, 0.3) is 0 Å². The van der Waals surface area contributed by atoms with Gasteiger partial charge in [-0.15, -0.1) is 0 Å². The molecule has 3 aliphatic heterocycles. The number of ether oxygens (including phenoxy) is 4. The van der Waals surface area contributed by atoms with Crippen molar-refractivity contribution in [3.63, 3.8) is 0 Å². The SMILES string of the molecule is O=C(OC(Cc1c(Cl)c[n+]([O-])cc1Cl)c1ccc(OC(F)F)c(OCC2CC2)c1)c1cccc(CNC(C(=O)O[C@H]2CN3CCC2CC3)c2ccccc2)c1O. The average molecular weight is 813 g/mol. The van der Waals surface area contributed by atoms with Crippen molar-refractivity contribution in [3.8, 4) is 17.2 Å². The molecule has 4 aromatic rings. The number of carbonyl (C=O) groups is 2. The van der Waals surface area contributed by atoms with Crippen LogP contribution in [0.3, 0.4) is 0 Å². The maximum Gasteiger partial charge on any atom is 0.387 e. The average Bonchev–Trinajstić information content (AvgIpc) is 4.01. The molecule has 0 amide bonds. The number of phenolic OH excluding ortho intramolecular Hbond substituents is 1. The second-order valence-electron chi connectivity index (χ2n) is 14.4. The molecule has 0 spiro atoms. The largest absolute Gasteiger partial charge is 0.619 e. The lowest BCUT2D eigenvalue weighted by Crippen LogP contribution is -2.52. The first-order valence-corrected chi connectivity index (χ1v) is 19.3. The van der Waals surface area contributed by atoms with E-state index in [0.717, 1.165) is 51.2 Å². The summed E-state index contributed by atoms with van der Waals surface area (Å²) in [6.07, 6.45) is 4.57. The first kappa shape index (κ1) is 39.5. The molecule has 1 aromatic heterocycles. The highest BCUT2D eigenvalue weighted by Gasteiger charge is 2.38. The van der Waals surface area contributed by atoms with Gasteiger partial charge in [0.05, 0.1) is 6.61 Å². The summed E-state index contributed by atoms with van der Waals surface area (Å²) in [7, 11) is 0. The number of benzene rings is 3. The Bertz CT molecular complexity index is 2010. The van der Waals surface area contributed by atoms with Gasteiger partial charge in [-0.1, -0.05) is 71.7 Å². The molecule has 15 heteroatoms. The molecule has 4 fully saturated rings. The third-order valence-electron chi connectivity index (χ3n) is 10.5. The highest BCUT2D eigenvalue weighted by atomic mass is 35.5. The minimum Gasteiger partial charge on any atom is -0.619 e. The van der Waals surface area contributed by atoms with Crippen molar-refractivity contribution < 1.29 is 47.2 Å². The zero-order valence-corrected chi connectivity index (χ0v) is 31.8. The van der Waals surface area contributed by atoms with Gasteiger partial charge in [0.15, 0.2) is 23.9 Å². The highest BCUT2D eigenvalue weighted by molar-refractivity contribution is 6.35. The van der Waals surface area contributed by atoms with Crippen LogP contribution in [0, 0.1) is 17.0 Å². The van der Waals surface area contributed by atoms with Crippen LogP contribution in [-0.4, -0.2) is 60.9 Å². The predicted octanol–water partition coefficient (Wildman–Crippen LogP) is 7.33. The van der Waals surface area contributed by atoms with Crippen molar-refractivity contribution in [2.24, 2.45) is 11.8 Å². The number of aromatic hydroxyl groups is 1. The van der Waals surface area contributed by atoms with Gasteiger partial charge in [0.25, 0.3) is 0 Å². The number of nitrogens with zero attached hydrogens (tertiary/aromatic N) is 2. The van der Waals surface area contributed by atoms with E-state index in [1.54, 1.807) is 12.1 Å². The van der Waals surface area contributed by atoms with E-state index in [0.29, 0.717) is 33.9 Å². The monoisotopic (exact) mass is 811 g/mol. The number of pyridine rings is 1. The summed E-state index contributed by atoms with van der Waals surface area (Å²) in [5.41, 5.74) is 1.42. The lowest BCUT2D eigenvalue weighted by Gasteiger charge is -2.44. The summed E-state index contributed by atoms with van der Waals surface area (Å²) in [5.74, 6) is -1.30. The molecule has 56 heavy (non-hydrogen) atoms. The van der Waals surface area contributed by atoms with E-state index >= 15 is 0 Å². The number of rotatable bonds is 16. The number of hydrogen-bond donors (Lipinski definition) is 2. The van der Waals surface area contributed by atoms with Gasteiger partial charge < -0.3 is 29.3 Å². The molecule has 4 aliphatic rings. The summed E-state index contributed by atoms with van der Waals surface area (Å²) in [5, 5.41) is 26.7. The van der Waals surface area contributed by atoms with Gasteiger partial charge in [-0.25, -0.2) is 9.59 Å². The van der Waals surface area contributed by atoms with Crippen LogP contribution in [0.5, 0.6) is 17.2 Å². The number of aromatic nitrogens is 1. The topological polar surface area (TPSA) is 134 Å². The van der Waals surface area contributed by atoms with Crippen molar-refractivity contribution >= 4 is 35.1 Å². The zero-order valence-electron chi connectivity index (χ0n) is 30.3. The van der Waals surface area contributed by atoms with Crippen LogP contribution >= 0.6 is 23.2 Å². The molecule has 2 N–H and O–H groups in total. The van der Waals surface area contributed by atoms with Gasteiger partial charge in [0.1, 0.15) is 39.6 Å². The Morgan fingerprint density at radius 1 is 0.946 bits per heavy atom. The molecule has 0 radical (unpaired) electrons. The molecular formula is C41H41Cl2F2N3O8. The highest BCUT2D eigenvalue weighted by Crippen LogP contribution is 2.39. The van der Waals surface area contributed by atoms with Crippen LogP contribution in [0.15, 0.2) is 79.1 Å². The fraction of sp³-hybridized carbons (Fsp3) is 0.390. The van der Waals surface area contributed by atoms with Crippen LogP contribution in [0.1, 0.15) is 70.4 Å². The van der Waals surface area contributed by atoms with Gasteiger partial charge in [0.2, 0.25) is 0 Å². The Kier molecular flexibility index (Phi) is 12.4. The summed E-state index contributed by atoms with van der Waals surface area (Å²) in [6, 6.07) is 17.0. The van der Waals surface area contributed by atoms with E-state index in [-0.39, 0.29) is 70.0 Å². The quantitative estimate of drug-likeness (QED) is 0.0674. The third-order valence-corrected chi connectivity index (χ3v) is 11.1. The second-order valence-corrected chi connectivity index (χ2v) is 15.2. The van der Waals surface area contributed by atoms with E-state index in [9.17, 15) is 28.7 Å². The number of fused-ring (bicyclic) bond motifs is 3. The van der Waals surface area contributed by atoms with Gasteiger partial charge in [-0.3, -0.25) is 10.2 Å². The lowest BCUT2D eigenvalue weighted by molar-refractivity contribution is -0.605. The fourth-order valence-corrected chi connectivity index (χ4v) is 7.81. The molecule has 3 saturated heterocycles. The van der Waals surface area contributed by atoms with E-state index in [1.807, 2.05) is 30.3 Å². The minimum absolute atomic E-state index is 0.00678. The summed E-state index contributed by atoms with van der Waals surface area (Å²) >= 11 is 12.8. The molecule has 11 nitrogen and oxygen atoms in total. The fourth-order valence-electron chi connectivity index (χ4n) is 7.21. The number of nitrogens with one attached hydrogen (secondary N) is 1. The molecule has 3 atom stereocenters. The molecule has 8 rings (SSSR count). The third kappa shape index (κ3) is 9.63. The number of alkyl halides is 2. The molecular weight excluding hydrogens is 771 g/mol. The van der Waals surface area contributed by atoms with E-state index in [2.05, 4.69) is 10.2 Å². The number of halogens is 4. The Morgan fingerprint density at radius 3 is 2.34 bits per heavy atom. The molecule has 296 valence electrons. The van der Waals surface area contributed by atoms with Crippen LogP contribution < -0.4 is 19.5 Å². The Balaban J connectivity index is 1.13. The van der Waals surface area contributed by atoms with Crippen molar-refractivity contribution in [2.75, 3.05) is 26.2 Å². The predicted molar refractivity (Wildman–Crippen MR) is 202 cm³/mol. The van der Waals surface area contributed by atoms with E-state index in [4.69, 9.17) is 42.1 Å². The van der Waals surface area contributed by atoms with Crippen molar-refractivity contribution in [3.05, 3.63) is 122 Å². The minimum atomic E-state index is -3.11. The molecule has 4 heterocycles. The van der Waals surface area contributed by atoms with Crippen LogP contribution in [0.2, 0.25) is 10.0 Å². The first-order chi connectivity index (χ1) is 27.0. The Labute approximate surface area is 332 Å². The summed E-state index contributed by atoms with van der Waals surface area (Å²) < 4.78 is 49.7. The Morgan fingerprint density at radius 2 is 1.68 bits per heavy atom. The molecule has 3 aromatic carbocycles. The van der Waals surface area contributed by atoms with Crippen LogP contribution in [0.4, 0.5) is 8.78 Å². The number of phenols is 1. The van der Waals surface area contributed by atoms with Gasteiger partial charge in [0, 0.05) is 30.6 Å². The maximum atomic E-state index is 13.9. The molecule has 2 bridgehead atoms. The van der Waals surface area contributed by atoms with E-state index < -0.39 is 30.7 Å². The maximum absolute atomic E-state index is 13.9. The number of hydrogen-bond acceptors (Lipinski definition) is 10. The standard InChI is InChI=1S/C41H41Cl2F2N3O8/c42-31-20-48(52)21-32(43)30(31)18-34(27-11-12-33(56-41(44)45)35(17-27)53-23-24-9-10-24)54-39(50)29-8-4-7-28(38(29)49)19-46-37(26-5-2-1-3-6-26)40(51)55-36-22-47-15-13-25(36)14-16-47/h1-8,11-12,17,20-21,24-25,34,36-37,41,46,49H,9-10,13-16,18-19,22-23H2/t34?,36-,37?/m0/s1. The van der Waals surface area contributed by atoms with Crippen LogP contribution in [-0.2, 0) is 27.2 Å². The molecule has 1 aliphatic carbocycles. The first-order valence-electron chi connectivity index (χ1n) is 18.5. The Hall–Kier alpha value is -4.69. The van der Waals surface area contributed by atoms with Crippen molar-refractivity contribution in [2.45, 2.75) is 63.5 Å². The second kappa shape index (κ2) is 17.6. The summed E-state index contributed by atoms with van der Waals surface area (Å²) in [6.45, 7) is -0.125. The van der Waals surface area contributed by atoms with Gasteiger partial charge >= 0.3 is 18.6 Å². The van der Waals surface area contributed by atoms with Gasteiger partial charge in [-0.05, 0) is 79.9 Å². The number of piperidine rings is 3. The van der Waals surface area contributed by atoms with Crippen molar-refractivity contribution in [1.82, 2.24) is 10.2 Å². The van der Waals surface area contributed by atoms with Crippen molar-refractivity contribution in [1.29, 1.82) is 0 Å². The normalized spacial score (nSPS) is 20.0. The molecule has 2 unspecified atom stereocenters. The molecule has 1 saturated carbocycles. The van der Waals surface area contributed by atoms with Gasteiger partial charge in [-0.2, -0.15) is 13.5 Å². The van der Waals surface area contributed by atoms with E-state index in [1.165, 1.54) is 24.3 Å². The zero-order chi connectivity index (χ0) is 39.3. The number of carbonyl (C=O) groups excluding carboxylic acids is 2.